The highest BCUT2D eigenvalue weighted by molar-refractivity contribution is 4.97. The van der Waals surface area contributed by atoms with Crippen LogP contribution >= 0.6 is 0 Å². The Labute approximate surface area is 86.0 Å². The summed E-state index contributed by atoms with van der Waals surface area (Å²) in [4.78, 5) is 2.57. The molecule has 82 valence electrons. The number of aliphatic hydroxyl groups excluding tert-OH is 1. The SMILES string of the molecule is COCC(C)N1C2CCC1CC(O)C2. The first kappa shape index (κ1) is 10.4. The lowest BCUT2D eigenvalue weighted by atomic mass is 9.98. The van der Waals surface area contributed by atoms with E-state index >= 15 is 0 Å². The predicted octanol–water partition coefficient (Wildman–Crippen LogP) is 1.01. The molecule has 0 aromatic heterocycles. The average Bonchev–Trinajstić information content (AvgIpc) is 2.39. The minimum Gasteiger partial charge on any atom is -0.393 e. The molecule has 0 spiro atoms. The van der Waals surface area contributed by atoms with Gasteiger partial charge in [0.15, 0.2) is 0 Å². The lowest BCUT2D eigenvalue weighted by molar-refractivity contribution is -0.00629. The average molecular weight is 199 g/mol. The molecule has 3 atom stereocenters. The summed E-state index contributed by atoms with van der Waals surface area (Å²) in [5.41, 5.74) is 0. The van der Waals surface area contributed by atoms with Crippen molar-refractivity contribution in [3.05, 3.63) is 0 Å². The van der Waals surface area contributed by atoms with Crippen molar-refractivity contribution in [2.75, 3.05) is 13.7 Å². The molecule has 2 saturated heterocycles. The molecule has 2 bridgehead atoms. The molecule has 0 aliphatic carbocycles. The zero-order chi connectivity index (χ0) is 10.1. The fraction of sp³-hybridized carbons (Fsp3) is 1.00. The summed E-state index contributed by atoms with van der Waals surface area (Å²) in [6.07, 6.45) is 4.39. The van der Waals surface area contributed by atoms with Crippen molar-refractivity contribution in [2.24, 2.45) is 0 Å². The summed E-state index contributed by atoms with van der Waals surface area (Å²) < 4.78 is 5.20. The van der Waals surface area contributed by atoms with Gasteiger partial charge in [0.1, 0.15) is 0 Å². The monoisotopic (exact) mass is 199 g/mol. The van der Waals surface area contributed by atoms with Crippen molar-refractivity contribution in [3.8, 4) is 0 Å². The molecule has 2 fully saturated rings. The first-order valence-electron chi connectivity index (χ1n) is 5.66. The van der Waals surface area contributed by atoms with Crippen LogP contribution in [-0.2, 0) is 4.74 Å². The van der Waals surface area contributed by atoms with Gasteiger partial charge in [0.2, 0.25) is 0 Å². The first-order valence-corrected chi connectivity index (χ1v) is 5.66. The molecular weight excluding hydrogens is 178 g/mol. The highest BCUT2D eigenvalue weighted by atomic mass is 16.5. The Morgan fingerprint density at radius 3 is 2.43 bits per heavy atom. The number of piperidine rings is 1. The highest BCUT2D eigenvalue weighted by Crippen LogP contribution is 2.37. The number of ether oxygens (including phenoxy) is 1. The van der Waals surface area contributed by atoms with Crippen molar-refractivity contribution in [2.45, 2.75) is 56.8 Å². The van der Waals surface area contributed by atoms with Gasteiger partial charge in [-0.3, -0.25) is 4.90 Å². The van der Waals surface area contributed by atoms with Gasteiger partial charge in [-0.05, 0) is 32.6 Å². The minimum atomic E-state index is -0.0569. The number of fused-ring (bicyclic) bond motifs is 2. The van der Waals surface area contributed by atoms with Crippen LogP contribution in [-0.4, -0.2) is 48.0 Å². The topological polar surface area (TPSA) is 32.7 Å². The number of hydrogen-bond acceptors (Lipinski definition) is 3. The molecule has 14 heavy (non-hydrogen) atoms. The van der Waals surface area contributed by atoms with Gasteiger partial charge < -0.3 is 9.84 Å². The molecular formula is C11H21NO2. The Bertz CT molecular complexity index is 184. The van der Waals surface area contributed by atoms with Gasteiger partial charge in [-0.2, -0.15) is 0 Å². The van der Waals surface area contributed by atoms with Gasteiger partial charge in [-0.15, -0.1) is 0 Å². The van der Waals surface area contributed by atoms with E-state index in [1.165, 1.54) is 12.8 Å². The van der Waals surface area contributed by atoms with E-state index in [-0.39, 0.29) is 6.10 Å². The maximum absolute atomic E-state index is 9.66. The third kappa shape index (κ3) is 1.81. The number of nitrogens with zero attached hydrogens (tertiary/aromatic N) is 1. The van der Waals surface area contributed by atoms with Gasteiger partial charge >= 0.3 is 0 Å². The van der Waals surface area contributed by atoms with Crippen LogP contribution in [0.25, 0.3) is 0 Å². The number of aliphatic hydroxyl groups is 1. The molecule has 2 aliphatic rings. The van der Waals surface area contributed by atoms with E-state index in [4.69, 9.17) is 4.74 Å². The maximum Gasteiger partial charge on any atom is 0.0615 e. The van der Waals surface area contributed by atoms with E-state index < -0.39 is 0 Å². The summed E-state index contributed by atoms with van der Waals surface area (Å²) in [7, 11) is 1.76. The van der Waals surface area contributed by atoms with Gasteiger partial charge in [0, 0.05) is 25.2 Å². The molecule has 2 rings (SSSR count). The maximum atomic E-state index is 9.66. The van der Waals surface area contributed by atoms with Gasteiger partial charge in [0.25, 0.3) is 0 Å². The van der Waals surface area contributed by atoms with Crippen molar-refractivity contribution >= 4 is 0 Å². The molecule has 0 aromatic rings. The molecule has 0 amide bonds. The molecule has 2 heterocycles. The quantitative estimate of drug-likeness (QED) is 0.736. The number of rotatable bonds is 3. The van der Waals surface area contributed by atoms with Gasteiger partial charge in [-0.1, -0.05) is 0 Å². The van der Waals surface area contributed by atoms with Crippen molar-refractivity contribution in [3.63, 3.8) is 0 Å². The third-order valence-electron chi connectivity index (χ3n) is 3.68. The van der Waals surface area contributed by atoms with E-state index in [9.17, 15) is 5.11 Å². The molecule has 0 saturated carbocycles. The molecule has 1 N–H and O–H groups in total. The standard InChI is InChI=1S/C11H21NO2/c1-8(7-14-2)12-9-3-4-10(12)6-11(13)5-9/h8-11,13H,3-7H2,1-2H3. The second-order valence-corrected chi connectivity index (χ2v) is 4.76. The predicted molar refractivity (Wildman–Crippen MR) is 55.2 cm³/mol. The van der Waals surface area contributed by atoms with Crippen LogP contribution in [0, 0.1) is 0 Å². The fourth-order valence-corrected chi connectivity index (χ4v) is 3.23. The Morgan fingerprint density at radius 1 is 1.36 bits per heavy atom. The second kappa shape index (κ2) is 4.17. The summed E-state index contributed by atoms with van der Waals surface area (Å²) in [6.45, 7) is 3.04. The fourth-order valence-electron chi connectivity index (χ4n) is 3.23. The summed E-state index contributed by atoms with van der Waals surface area (Å²) >= 11 is 0. The second-order valence-electron chi connectivity index (χ2n) is 4.76. The Hall–Kier alpha value is -0.120. The lowest BCUT2D eigenvalue weighted by Crippen LogP contribution is -2.50. The van der Waals surface area contributed by atoms with E-state index in [1.54, 1.807) is 7.11 Å². The van der Waals surface area contributed by atoms with Crippen LogP contribution in [0.15, 0.2) is 0 Å². The van der Waals surface area contributed by atoms with Crippen LogP contribution in [0.2, 0.25) is 0 Å². The highest BCUT2D eigenvalue weighted by Gasteiger charge is 2.41. The van der Waals surface area contributed by atoms with Gasteiger partial charge in [-0.25, -0.2) is 0 Å². The number of hydrogen-bond donors (Lipinski definition) is 1. The van der Waals surface area contributed by atoms with E-state index in [0.717, 1.165) is 19.4 Å². The molecule has 0 radical (unpaired) electrons. The summed E-state index contributed by atoms with van der Waals surface area (Å²) in [6, 6.07) is 1.72. The lowest BCUT2D eigenvalue weighted by Gasteiger charge is -2.40. The van der Waals surface area contributed by atoms with E-state index in [2.05, 4.69) is 11.8 Å². The first-order chi connectivity index (χ1) is 6.72. The van der Waals surface area contributed by atoms with E-state index in [1.807, 2.05) is 0 Å². The van der Waals surface area contributed by atoms with Crippen LogP contribution in [0.4, 0.5) is 0 Å². The normalized spacial score (nSPS) is 40.1. The largest absolute Gasteiger partial charge is 0.393 e. The minimum absolute atomic E-state index is 0.0569. The van der Waals surface area contributed by atoms with Crippen molar-refractivity contribution in [1.82, 2.24) is 4.90 Å². The Balaban J connectivity index is 1.99. The summed E-state index contributed by atoms with van der Waals surface area (Å²) in [5.74, 6) is 0. The van der Waals surface area contributed by atoms with Crippen molar-refractivity contribution in [1.29, 1.82) is 0 Å². The molecule has 3 unspecified atom stereocenters. The van der Waals surface area contributed by atoms with Gasteiger partial charge in [0.05, 0.1) is 12.7 Å². The smallest absolute Gasteiger partial charge is 0.0615 e. The third-order valence-corrected chi connectivity index (χ3v) is 3.68. The zero-order valence-electron chi connectivity index (χ0n) is 9.15. The van der Waals surface area contributed by atoms with Crippen LogP contribution in [0.3, 0.4) is 0 Å². The molecule has 0 aromatic carbocycles. The van der Waals surface area contributed by atoms with Crippen LogP contribution < -0.4 is 0 Å². The molecule has 3 nitrogen and oxygen atoms in total. The zero-order valence-corrected chi connectivity index (χ0v) is 9.15. The number of methoxy groups -OCH3 is 1. The van der Waals surface area contributed by atoms with Crippen LogP contribution in [0.1, 0.15) is 32.6 Å². The van der Waals surface area contributed by atoms with Crippen LogP contribution in [0.5, 0.6) is 0 Å². The molecule has 3 heteroatoms. The Kier molecular flexibility index (Phi) is 3.10. The van der Waals surface area contributed by atoms with E-state index in [0.29, 0.717) is 18.1 Å². The molecule has 2 aliphatic heterocycles. The van der Waals surface area contributed by atoms with Crippen molar-refractivity contribution < 1.29 is 9.84 Å². The summed E-state index contributed by atoms with van der Waals surface area (Å²) in [5, 5.41) is 9.66. The Morgan fingerprint density at radius 2 is 1.93 bits per heavy atom.